The summed E-state index contributed by atoms with van der Waals surface area (Å²) in [6.07, 6.45) is 2.15. The van der Waals surface area contributed by atoms with Gasteiger partial charge in [0.2, 0.25) is 5.91 Å². The van der Waals surface area contributed by atoms with Crippen molar-refractivity contribution in [1.82, 2.24) is 10.2 Å². The van der Waals surface area contributed by atoms with E-state index in [1.54, 1.807) is 0 Å². The van der Waals surface area contributed by atoms with Gasteiger partial charge in [-0.3, -0.25) is 4.79 Å². The number of benzene rings is 1. The van der Waals surface area contributed by atoms with E-state index in [0.717, 1.165) is 31.5 Å². The summed E-state index contributed by atoms with van der Waals surface area (Å²) in [7, 11) is 2.10. The van der Waals surface area contributed by atoms with Gasteiger partial charge in [-0.2, -0.15) is 0 Å². The highest BCUT2D eigenvalue weighted by atomic mass is 16.1. The second-order valence-corrected chi connectivity index (χ2v) is 6.82. The van der Waals surface area contributed by atoms with Gasteiger partial charge in [-0.1, -0.05) is 38.1 Å². The minimum Gasteiger partial charge on any atom is -0.352 e. The minimum atomic E-state index is -0.0796. The molecule has 1 aromatic carbocycles. The fourth-order valence-electron chi connectivity index (χ4n) is 2.94. The number of nitrogens with zero attached hydrogens (tertiary/aromatic N) is 1. The monoisotopic (exact) mass is 288 g/mol. The number of likely N-dealkylation sites (N-methyl/N-ethyl adjacent to an activating group) is 1. The van der Waals surface area contributed by atoms with E-state index in [4.69, 9.17) is 0 Å². The molecule has 21 heavy (non-hydrogen) atoms. The normalized spacial score (nSPS) is 20.7. The zero-order chi connectivity index (χ0) is 15.4. The lowest BCUT2D eigenvalue weighted by molar-refractivity contribution is -0.122. The predicted molar refractivity (Wildman–Crippen MR) is 87.4 cm³/mol. The van der Waals surface area contributed by atoms with Gasteiger partial charge in [-0.05, 0) is 50.4 Å². The molecule has 0 radical (unpaired) electrons. The van der Waals surface area contributed by atoms with Crippen molar-refractivity contribution >= 4 is 5.91 Å². The third-order valence-electron chi connectivity index (χ3n) is 4.25. The molecule has 0 aliphatic carbocycles. The Morgan fingerprint density at radius 1 is 1.29 bits per heavy atom. The topological polar surface area (TPSA) is 32.3 Å². The van der Waals surface area contributed by atoms with Crippen LogP contribution in [0.2, 0.25) is 0 Å². The molecule has 0 unspecified atom stereocenters. The maximum absolute atomic E-state index is 12.3. The largest absolute Gasteiger partial charge is 0.352 e. The van der Waals surface area contributed by atoms with Crippen molar-refractivity contribution in [2.24, 2.45) is 5.92 Å². The Morgan fingerprint density at radius 2 is 1.95 bits per heavy atom. The summed E-state index contributed by atoms with van der Waals surface area (Å²) in [5, 5.41) is 3.17. The van der Waals surface area contributed by atoms with E-state index in [-0.39, 0.29) is 11.8 Å². The molecule has 1 N–H and O–H groups in total. The maximum Gasteiger partial charge on any atom is 0.227 e. The van der Waals surface area contributed by atoms with E-state index in [1.807, 2.05) is 6.92 Å². The van der Waals surface area contributed by atoms with Crippen LogP contribution in [0, 0.1) is 5.92 Å². The molecule has 1 fully saturated rings. The zero-order valence-electron chi connectivity index (χ0n) is 13.7. The van der Waals surface area contributed by atoms with E-state index in [9.17, 15) is 4.79 Å². The van der Waals surface area contributed by atoms with Gasteiger partial charge in [0.1, 0.15) is 0 Å². The molecule has 1 heterocycles. The summed E-state index contributed by atoms with van der Waals surface area (Å²) in [5.41, 5.74) is 2.45. The molecule has 2 rings (SSSR count). The van der Waals surface area contributed by atoms with Crippen LogP contribution in [-0.4, -0.2) is 37.0 Å². The molecule has 1 amide bonds. The fourth-order valence-corrected chi connectivity index (χ4v) is 2.94. The molecule has 1 saturated heterocycles. The van der Waals surface area contributed by atoms with Crippen LogP contribution in [0.25, 0.3) is 0 Å². The predicted octanol–water partition coefficient (Wildman–Crippen LogP) is 2.81. The van der Waals surface area contributed by atoms with Crippen molar-refractivity contribution in [3.8, 4) is 0 Å². The second kappa shape index (κ2) is 7.08. The Bertz CT molecular complexity index is 467. The van der Waals surface area contributed by atoms with Crippen molar-refractivity contribution in [2.45, 2.75) is 45.6 Å². The molecule has 1 aromatic rings. The number of likely N-dealkylation sites (tertiary alicyclic amines) is 1. The van der Waals surface area contributed by atoms with Crippen LogP contribution in [0.5, 0.6) is 0 Å². The first kappa shape index (κ1) is 16.0. The second-order valence-electron chi connectivity index (χ2n) is 6.82. The van der Waals surface area contributed by atoms with Gasteiger partial charge in [-0.15, -0.1) is 0 Å². The Labute approximate surface area is 128 Å². The molecule has 3 nitrogen and oxygen atoms in total. The van der Waals surface area contributed by atoms with Crippen LogP contribution in [0.15, 0.2) is 24.3 Å². The molecule has 0 saturated carbocycles. The Hall–Kier alpha value is -1.35. The van der Waals surface area contributed by atoms with Gasteiger partial charge in [0.15, 0.2) is 0 Å². The number of hydrogen-bond acceptors (Lipinski definition) is 2. The maximum atomic E-state index is 12.3. The van der Waals surface area contributed by atoms with Crippen molar-refractivity contribution in [2.75, 3.05) is 20.1 Å². The van der Waals surface area contributed by atoms with Crippen molar-refractivity contribution < 1.29 is 4.79 Å². The van der Waals surface area contributed by atoms with E-state index in [0.29, 0.717) is 12.0 Å². The Morgan fingerprint density at radius 3 is 2.48 bits per heavy atom. The number of nitrogens with one attached hydrogen (secondary N) is 1. The lowest BCUT2D eigenvalue weighted by Crippen LogP contribution is -2.38. The fraction of sp³-hybridized carbons (Fsp3) is 0.611. The quantitative estimate of drug-likeness (QED) is 0.903. The molecule has 1 aliphatic heterocycles. The highest BCUT2D eigenvalue weighted by molar-refractivity contribution is 5.83. The lowest BCUT2D eigenvalue weighted by Gasteiger charge is -2.17. The van der Waals surface area contributed by atoms with Crippen LogP contribution in [0.4, 0.5) is 0 Å². The lowest BCUT2D eigenvalue weighted by atomic mass is 9.96. The van der Waals surface area contributed by atoms with E-state index in [1.165, 1.54) is 5.56 Å². The summed E-state index contributed by atoms with van der Waals surface area (Å²) in [4.78, 5) is 14.6. The van der Waals surface area contributed by atoms with Crippen molar-refractivity contribution in [3.05, 3.63) is 35.4 Å². The van der Waals surface area contributed by atoms with Gasteiger partial charge in [-0.25, -0.2) is 0 Å². The third kappa shape index (κ3) is 4.57. The number of amides is 1. The molecular weight excluding hydrogens is 260 g/mol. The molecule has 116 valence electrons. The summed E-state index contributed by atoms with van der Waals surface area (Å²) >= 11 is 0. The van der Waals surface area contributed by atoms with Crippen LogP contribution >= 0.6 is 0 Å². The summed E-state index contributed by atoms with van der Waals surface area (Å²) in [6, 6.07) is 8.82. The Kier molecular flexibility index (Phi) is 5.40. The highest BCUT2D eigenvalue weighted by Crippen LogP contribution is 2.18. The average molecular weight is 288 g/mol. The van der Waals surface area contributed by atoms with Crippen molar-refractivity contribution in [1.29, 1.82) is 0 Å². The van der Waals surface area contributed by atoms with Crippen LogP contribution < -0.4 is 5.32 Å². The molecule has 3 heteroatoms. The number of carbonyl (C=O) groups is 1. The van der Waals surface area contributed by atoms with Gasteiger partial charge in [0.05, 0.1) is 5.92 Å². The number of carbonyl (C=O) groups excluding carboxylic acids is 1. The molecule has 2 atom stereocenters. The zero-order valence-corrected chi connectivity index (χ0v) is 13.7. The average Bonchev–Trinajstić information content (AvgIpc) is 2.83. The van der Waals surface area contributed by atoms with E-state index < -0.39 is 0 Å². The molecule has 1 aliphatic rings. The van der Waals surface area contributed by atoms with Crippen LogP contribution in [-0.2, 0) is 11.2 Å². The van der Waals surface area contributed by atoms with Gasteiger partial charge < -0.3 is 10.2 Å². The summed E-state index contributed by atoms with van der Waals surface area (Å²) in [6.45, 7) is 8.48. The highest BCUT2D eigenvalue weighted by Gasteiger charge is 2.23. The Balaban J connectivity index is 1.92. The smallest absolute Gasteiger partial charge is 0.227 e. The van der Waals surface area contributed by atoms with E-state index >= 15 is 0 Å². The SMILES string of the molecule is CC(C)Cc1ccc([C@@H](C)C(=O)N[C@H]2CCN(C)C2)cc1. The van der Waals surface area contributed by atoms with Gasteiger partial charge in [0, 0.05) is 12.6 Å². The first-order chi connectivity index (χ1) is 9.95. The van der Waals surface area contributed by atoms with E-state index in [2.05, 4.69) is 55.4 Å². The molecule has 0 bridgehead atoms. The minimum absolute atomic E-state index is 0.0796. The van der Waals surface area contributed by atoms with Crippen LogP contribution in [0.3, 0.4) is 0 Å². The van der Waals surface area contributed by atoms with Gasteiger partial charge >= 0.3 is 0 Å². The van der Waals surface area contributed by atoms with Gasteiger partial charge in [0.25, 0.3) is 0 Å². The standard InChI is InChI=1S/C18H28N2O/c1-13(2)11-15-5-7-16(8-6-15)14(3)18(21)19-17-9-10-20(4)12-17/h5-8,13-14,17H,9-12H2,1-4H3,(H,19,21)/t14-,17+/m1/s1. The number of rotatable bonds is 5. The first-order valence-electron chi connectivity index (χ1n) is 8.03. The first-order valence-corrected chi connectivity index (χ1v) is 8.03. The third-order valence-corrected chi connectivity index (χ3v) is 4.25. The molecule has 0 aromatic heterocycles. The summed E-state index contributed by atoms with van der Waals surface area (Å²) < 4.78 is 0. The summed E-state index contributed by atoms with van der Waals surface area (Å²) in [5.74, 6) is 0.729. The molecule has 0 spiro atoms. The molecular formula is C18H28N2O. The number of hydrogen-bond donors (Lipinski definition) is 1. The van der Waals surface area contributed by atoms with Crippen LogP contribution in [0.1, 0.15) is 44.2 Å². The van der Waals surface area contributed by atoms with Crippen molar-refractivity contribution in [3.63, 3.8) is 0 Å².